The number of rotatable bonds is 4. The van der Waals surface area contributed by atoms with E-state index in [-0.39, 0.29) is 0 Å². The van der Waals surface area contributed by atoms with E-state index in [1.807, 2.05) is 11.7 Å². The summed E-state index contributed by atoms with van der Waals surface area (Å²) < 4.78 is 7.29. The van der Waals surface area contributed by atoms with Crippen molar-refractivity contribution in [1.29, 1.82) is 0 Å². The summed E-state index contributed by atoms with van der Waals surface area (Å²) in [5, 5.41) is 4.49. The summed E-state index contributed by atoms with van der Waals surface area (Å²) in [5.74, 6) is 1.82. The van der Waals surface area contributed by atoms with Crippen LogP contribution in [0.25, 0.3) is 11.4 Å². The molecule has 0 bridgehead atoms. The monoisotopic (exact) mass is 300 g/mol. The Kier molecular flexibility index (Phi) is 4.55. The van der Waals surface area contributed by atoms with Crippen molar-refractivity contribution in [2.75, 3.05) is 26.3 Å². The fourth-order valence-electron chi connectivity index (χ4n) is 2.93. The molecule has 5 heteroatoms. The summed E-state index contributed by atoms with van der Waals surface area (Å²) in [6.07, 6.45) is 0.898. The summed E-state index contributed by atoms with van der Waals surface area (Å²) in [6.45, 7) is 8.03. The molecule has 1 aliphatic heterocycles. The van der Waals surface area contributed by atoms with Crippen LogP contribution in [0.2, 0.25) is 0 Å². The molecule has 1 atom stereocenters. The summed E-state index contributed by atoms with van der Waals surface area (Å²) in [5.41, 5.74) is 2.41. The Morgan fingerprint density at radius 2 is 1.86 bits per heavy atom. The van der Waals surface area contributed by atoms with Gasteiger partial charge in [0.2, 0.25) is 0 Å². The Labute approximate surface area is 131 Å². The molecule has 0 amide bonds. The zero-order valence-electron chi connectivity index (χ0n) is 13.6. The molecule has 1 fully saturated rings. The van der Waals surface area contributed by atoms with Crippen molar-refractivity contribution in [2.45, 2.75) is 26.3 Å². The quantitative estimate of drug-likeness (QED) is 0.870. The topological polar surface area (TPSA) is 43.2 Å². The predicted molar refractivity (Wildman–Crippen MR) is 86.6 cm³/mol. The third-order valence-electron chi connectivity index (χ3n) is 4.41. The molecule has 2 heterocycles. The maximum Gasteiger partial charge on any atom is 0.181 e. The molecule has 22 heavy (non-hydrogen) atoms. The third kappa shape index (κ3) is 3.05. The minimum absolute atomic E-state index is 0.417. The van der Waals surface area contributed by atoms with Gasteiger partial charge in [0.15, 0.2) is 5.82 Å². The van der Waals surface area contributed by atoms with Crippen LogP contribution in [0.5, 0.6) is 0 Å². The highest BCUT2D eigenvalue weighted by Crippen LogP contribution is 2.24. The van der Waals surface area contributed by atoms with Crippen molar-refractivity contribution in [3.05, 3.63) is 35.7 Å². The second-order valence-electron chi connectivity index (χ2n) is 5.78. The van der Waals surface area contributed by atoms with Gasteiger partial charge in [-0.3, -0.25) is 9.58 Å². The molecule has 1 aliphatic rings. The van der Waals surface area contributed by atoms with Crippen LogP contribution >= 0.6 is 0 Å². The van der Waals surface area contributed by atoms with E-state index in [2.05, 4.69) is 53.1 Å². The van der Waals surface area contributed by atoms with Crippen LogP contribution in [-0.4, -0.2) is 46.0 Å². The first-order valence-electron chi connectivity index (χ1n) is 8.01. The SMILES string of the molecule is CCc1nc(-c2ccc([C@@H](C)N3CCOCC3)cc2)nn1C. The highest BCUT2D eigenvalue weighted by atomic mass is 16.5. The zero-order valence-corrected chi connectivity index (χ0v) is 13.6. The van der Waals surface area contributed by atoms with Gasteiger partial charge in [-0.15, -0.1) is 0 Å². The average molecular weight is 300 g/mol. The second-order valence-corrected chi connectivity index (χ2v) is 5.78. The van der Waals surface area contributed by atoms with Crippen LogP contribution in [-0.2, 0) is 18.2 Å². The van der Waals surface area contributed by atoms with Gasteiger partial charge in [-0.25, -0.2) is 4.98 Å². The first-order chi connectivity index (χ1) is 10.7. The van der Waals surface area contributed by atoms with Crippen molar-refractivity contribution in [3.63, 3.8) is 0 Å². The minimum Gasteiger partial charge on any atom is -0.379 e. The third-order valence-corrected chi connectivity index (χ3v) is 4.41. The Balaban J connectivity index is 1.76. The van der Waals surface area contributed by atoms with E-state index >= 15 is 0 Å². The van der Waals surface area contributed by atoms with Gasteiger partial charge in [0.05, 0.1) is 13.2 Å². The first-order valence-corrected chi connectivity index (χ1v) is 8.01. The predicted octanol–water partition coefficient (Wildman–Crippen LogP) is 2.44. The average Bonchev–Trinajstić information content (AvgIpc) is 2.96. The number of ether oxygens (including phenoxy) is 1. The molecule has 0 aliphatic carbocycles. The minimum atomic E-state index is 0.417. The van der Waals surface area contributed by atoms with Gasteiger partial charge in [0.25, 0.3) is 0 Å². The summed E-state index contributed by atoms with van der Waals surface area (Å²) in [6, 6.07) is 9.05. The van der Waals surface area contributed by atoms with Crippen LogP contribution < -0.4 is 0 Å². The first kappa shape index (κ1) is 15.2. The lowest BCUT2D eigenvalue weighted by atomic mass is 10.0. The maximum absolute atomic E-state index is 5.43. The number of morpholine rings is 1. The second kappa shape index (κ2) is 6.58. The van der Waals surface area contributed by atoms with E-state index in [0.717, 1.165) is 49.9 Å². The van der Waals surface area contributed by atoms with Gasteiger partial charge in [-0.05, 0) is 12.5 Å². The number of hydrogen-bond acceptors (Lipinski definition) is 4. The van der Waals surface area contributed by atoms with E-state index in [1.54, 1.807) is 0 Å². The van der Waals surface area contributed by atoms with Crippen molar-refractivity contribution >= 4 is 0 Å². The summed E-state index contributed by atoms with van der Waals surface area (Å²) >= 11 is 0. The lowest BCUT2D eigenvalue weighted by Crippen LogP contribution is -2.37. The Bertz CT molecular complexity index is 614. The van der Waals surface area contributed by atoms with Crippen LogP contribution in [0, 0.1) is 0 Å². The van der Waals surface area contributed by atoms with Gasteiger partial charge in [-0.2, -0.15) is 5.10 Å². The van der Waals surface area contributed by atoms with E-state index in [0.29, 0.717) is 6.04 Å². The number of hydrogen-bond donors (Lipinski definition) is 0. The van der Waals surface area contributed by atoms with Crippen molar-refractivity contribution < 1.29 is 4.74 Å². The Hall–Kier alpha value is -1.72. The lowest BCUT2D eigenvalue weighted by Gasteiger charge is -2.32. The normalized spacial score (nSPS) is 17.6. The van der Waals surface area contributed by atoms with Crippen LogP contribution in [0.15, 0.2) is 24.3 Å². The highest BCUT2D eigenvalue weighted by Gasteiger charge is 2.18. The molecule has 3 rings (SSSR count). The number of aryl methyl sites for hydroxylation is 2. The zero-order chi connectivity index (χ0) is 15.5. The molecule has 1 aromatic heterocycles. The lowest BCUT2D eigenvalue weighted by molar-refractivity contribution is 0.0198. The molecule has 1 saturated heterocycles. The van der Waals surface area contributed by atoms with Crippen LogP contribution in [0.3, 0.4) is 0 Å². The molecule has 1 aromatic carbocycles. The summed E-state index contributed by atoms with van der Waals surface area (Å²) in [4.78, 5) is 7.05. The van der Waals surface area contributed by atoms with Gasteiger partial charge >= 0.3 is 0 Å². The molecule has 0 spiro atoms. The smallest absolute Gasteiger partial charge is 0.181 e. The van der Waals surface area contributed by atoms with Gasteiger partial charge in [-0.1, -0.05) is 31.2 Å². The molecule has 0 unspecified atom stereocenters. The van der Waals surface area contributed by atoms with Crippen molar-refractivity contribution in [2.24, 2.45) is 7.05 Å². The van der Waals surface area contributed by atoms with Gasteiger partial charge < -0.3 is 4.74 Å². The van der Waals surface area contributed by atoms with Crippen LogP contribution in [0.4, 0.5) is 0 Å². The molecule has 5 nitrogen and oxygen atoms in total. The molecular weight excluding hydrogens is 276 g/mol. The van der Waals surface area contributed by atoms with E-state index in [4.69, 9.17) is 4.74 Å². The fraction of sp³-hybridized carbons (Fsp3) is 0.529. The molecule has 0 radical (unpaired) electrons. The summed E-state index contributed by atoms with van der Waals surface area (Å²) in [7, 11) is 1.95. The van der Waals surface area contributed by atoms with E-state index < -0.39 is 0 Å². The standard InChI is InChI=1S/C17H24N4O/c1-4-16-18-17(19-20(16)3)15-7-5-14(6-8-15)13(2)21-9-11-22-12-10-21/h5-8,13H,4,9-12H2,1-3H3/t13-/m1/s1. The highest BCUT2D eigenvalue weighted by molar-refractivity contribution is 5.55. The van der Waals surface area contributed by atoms with Gasteiger partial charge in [0.1, 0.15) is 5.82 Å². The molecule has 0 N–H and O–H groups in total. The Morgan fingerprint density at radius 1 is 1.18 bits per heavy atom. The van der Waals surface area contributed by atoms with Gasteiger partial charge in [0, 0.05) is 38.2 Å². The molecule has 2 aromatic rings. The van der Waals surface area contributed by atoms with E-state index in [9.17, 15) is 0 Å². The molecular formula is C17H24N4O. The largest absolute Gasteiger partial charge is 0.379 e. The van der Waals surface area contributed by atoms with E-state index in [1.165, 1.54) is 5.56 Å². The van der Waals surface area contributed by atoms with Crippen LogP contribution in [0.1, 0.15) is 31.3 Å². The fourth-order valence-corrected chi connectivity index (χ4v) is 2.93. The van der Waals surface area contributed by atoms with Crippen molar-refractivity contribution in [1.82, 2.24) is 19.7 Å². The number of aromatic nitrogens is 3. The molecule has 118 valence electrons. The number of nitrogens with zero attached hydrogens (tertiary/aromatic N) is 4. The number of benzene rings is 1. The van der Waals surface area contributed by atoms with Crippen molar-refractivity contribution in [3.8, 4) is 11.4 Å². The molecule has 0 saturated carbocycles. The Morgan fingerprint density at radius 3 is 2.45 bits per heavy atom. The maximum atomic E-state index is 5.43.